The zero-order chi connectivity index (χ0) is 13.6. The lowest BCUT2D eigenvalue weighted by atomic mass is 10.2. The van der Waals surface area contributed by atoms with E-state index in [1.165, 1.54) is 12.1 Å². The second-order valence-corrected chi connectivity index (χ2v) is 5.40. The summed E-state index contributed by atoms with van der Waals surface area (Å²) in [4.78, 5) is 0.0953. The molecule has 0 spiro atoms. The molecule has 0 radical (unpaired) electrons. The molecule has 0 saturated carbocycles. The van der Waals surface area contributed by atoms with Crippen molar-refractivity contribution in [2.24, 2.45) is 0 Å². The van der Waals surface area contributed by atoms with Crippen molar-refractivity contribution in [1.29, 1.82) is 10.5 Å². The Kier molecular flexibility index (Phi) is 4.85. The Morgan fingerprint density at radius 3 is 2.33 bits per heavy atom. The van der Waals surface area contributed by atoms with Crippen molar-refractivity contribution < 1.29 is 8.42 Å². The number of hydrogen-bond acceptors (Lipinski definition) is 4. The molecule has 1 atom stereocenters. The fourth-order valence-electron chi connectivity index (χ4n) is 1.33. The Morgan fingerprint density at radius 1 is 1.28 bits per heavy atom. The molecule has 0 saturated heterocycles. The van der Waals surface area contributed by atoms with Crippen molar-refractivity contribution in [1.82, 2.24) is 4.72 Å². The Hall–Kier alpha value is -1.89. The van der Waals surface area contributed by atoms with Gasteiger partial charge < -0.3 is 0 Å². The molecular formula is C12H13N3O2S. The predicted molar refractivity (Wildman–Crippen MR) is 65.8 cm³/mol. The summed E-state index contributed by atoms with van der Waals surface area (Å²) >= 11 is 0. The molecule has 0 amide bonds. The van der Waals surface area contributed by atoms with Crippen LogP contribution in [-0.4, -0.2) is 14.5 Å². The van der Waals surface area contributed by atoms with Crippen molar-refractivity contribution >= 4 is 10.0 Å². The van der Waals surface area contributed by atoms with Gasteiger partial charge in [0.2, 0.25) is 10.0 Å². The Morgan fingerprint density at radius 2 is 1.89 bits per heavy atom. The van der Waals surface area contributed by atoms with Gasteiger partial charge in [-0.15, -0.1) is 0 Å². The van der Waals surface area contributed by atoms with Crippen LogP contribution in [0.25, 0.3) is 0 Å². The van der Waals surface area contributed by atoms with Crippen LogP contribution in [0, 0.1) is 22.7 Å². The maximum atomic E-state index is 11.9. The molecule has 1 aromatic rings. The fourth-order valence-corrected chi connectivity index (χ4v) is 2.56. The monoisotopic (exact) mass is 263 g/mol. The molecule has 1 rings (SSSR count). The number of sulfonamides is 1. The van der Waals surface area contributed by atoms with E-state index in [0.717, 1.165) is 5.56 Å². The van der Waals surface area contributed by atoms with Gasteiger partial charge >= 0.3 is 0 Å². The number of nitrogens with zero attached hydrogens (tertiary/aromatic N) is 2. The van der Waals surface area contributed by atoms with Crippen LogP contribution in [0.2, 0.25) is 0 Å². The van der Waals surface area contributed by atoms with Gasteiger partial charge in [0, 0.05) is 0 Å². The van der Waals surface area contributed by atoms with E-state index in [2.05, 4.69) is 4.72 Å². The summed E-state index contributed by atoms with van der Waals surface area (Å²) in [6, 6.07) is 9.17. The van der Waals surface area contributed by atoms with Crippen molar-refractivity contribution in [3.63, 3.8) is 0 Å². The van der Waals surface area contributed by atoms with Gasteiger partial charge in [-0.2, -0.15) is 15.2 Å². The zero-order valence-corrected chi connectivity index (χ0v) is 10.7. The number of benzene rings is 1. The normalized spacial score (nSPS) is 12.4. The predicted octanol–water partition coefficient (Wildman–Crippen LogP) is 1.33. The van der Waals surface area contributed by atoms with Crippen molar-refractivity contribution in [3.05, 3.63) is 29.8 Å². The lowest BCUT2D eigenvalue weighted by Crippen LogP contribution is -2.33. The molecule has 0 aliphatic rings. The van der Waals surface area contributed by atoms with E-state index in [0.29, 0.717) is 6.42 Å². The molecule has 0 heterocycles. The van der Waals surface area contributed by atoms with Crippen LogP contribution in [-0.2, 0) is 16.4 Å². The van der Waals surface area contributed by atoms with Crippen LogP contribution >= 0.6 is 0 Å². The lowest BCUT2D eigenvalue weighted by Gasteiger charge is -2.10. The first-order chi connectivity index (χ1) is 8.53. The topological polar surface area (TPSA) is 93.8 Å². The first kappa shape index (κ1) is 14.2. The maximum absolute atomic E-state index is 11.9. The molecule has 0 aliphatic heterocycles. The number of hydrogen-bond donors (Lipinski definition) is 1. The van der Waals surface area contributed by atoms with E-state index >= 15 is 0 Å². The summed E-state index contributed by atoms with van der Waals surface area (Å²) in [5, 5.41) is 17.3. The number of nitrogens with one attached hydrogen (secondary N) is 1. The van der Waals surface area contributed by atoms with Gasteiger partial charge in [-0.25, -0.2) is 8.42 Å². The van der Waals surface area contributed by atoms with Crippen LogP contribution in [0.1, 0.15) is 18.9 Å². The van der Waals surface area contributed by atoms with Gasteiger partial charge in [0.15, 0.2) is 0 Å². The number of nitriles is 2. The van der Waals surface area contributed by atoms with Crippen molar-refractivity contribution in [2.45, 2.75) is 30.7 Å². The second kappa shape index (κ2) is 6.15. The van der Waals surface area contributed by atoms with Gasteiger partial charge in [-0.1, -0.05) is 19.1 Å². The summed E-state index contributed by atoms with van der Waals surface area (Å²) in [6.07, 6.45) is 0.645. The third kappa shape index (κ3) is 3.56. The van der Waals surface area contributed by atoms with E-state index in [1.807, 2.05) is 12.1 Å². The largest absolute Gasteiger partial charge is 0.241 e. The summed E-state index contributed by atoms with van der Waals surface area (Å²) < 4.78 is 26.1. The van der Waals surface area contributed by atoms with E-state index in [4.69, 9.17) is 10.5 Å². The highest BCUT2D eigenvalue weighted by Gasteiger charge is 2.18. The van der Waals surface area contributed by atoms with Gasteiger partial charge in [-0.05, 0) is 24.1 Å². The zero-order valence-electron chi connectivity index (χ0n) is 9.92. The van der Waals surface area contributed by atoms with Crippen LogP contribution in [0.15, 0.2) is 29.2 Å². The third-order valence-corrected chi connectivity index (χ3v) is 3.87. The summed E-state index contributed by atoms with van der Waals surface area (Å²) in [5.74, 6) is 0. The number of rotatable bonds is 5. The van der Waals surface area contributed by atoms with E-state index < -0.39 is 16.1 Å². The second-order valence-electron chi connectivity index (χ2n) is 3.69. The highest BCUT2D eigenvalue weighted by Crippen LogP contribution is 2.11. The highest BCUT2D eigenvalue weighted by molar-refractivity contribution is 7.89. The minimum absolute atomic E-state index is 0.0953. The van der Waals surface area contributed by atoms with E-state index in [-0.39, 0.29) is 11.3 Å². The molecule has 18 heavy (non-hydrogen) atoms. The van der Waals surface area contributed by atoms with Crippen LogP contribution in [0.4, 0.5) is 0 Å². The Balaban J connectivity index is 2.93. The highest BCUT2D eigenvalue weighted by atomic mass is 32.2. The molecule has 0 aromatic heterocycles. The van der Waals surface area contributed by atoms with Crippen LogP contribution in [0.5, 0.6) is 0 Å². The first-order valence-corrected chi connectivity index (χ1v) is 6.89. The van der Waals surface area contributed by atoms with Crippen LogP contribution < -0.4 is 4.72 Å². The molecule has 6 heteroatoms. The maximum Gasteiger partial charge on any atom is 0.241 e. The molecule has 0 fully saturated rings. The molecule has 1 unspecified atom stereocenters. The minimum atomic E-state index is -3.67. The van der Waals surface area contributed by atoms with Crippen LogP contribution in [0.3, 0.4) is 0 Å². The quantitative estimate of drug-likeness (QED) is 0.867. The average Bonchev–Trinajstić information content (AvgIpc) is 2.37. The SMILES string of the molecule is CCC(C#N)NS(=O)(=O)c1ccc(CC#N)cc1. The van der Waals surface area contributed by atoms with Crippen molar-refractivity contribution in [2.75, 3.05) is 0 Å². The minimum Gasteiger partial charge on any atom is -0.207 e. The van der Waals surface area contributed by atoms with E-state index in [1.54, 1.807) is 19.1 Å². The molecule has 5 nitrogen and oxygen atoms in total. The summed E-state index contributed by atoms with van der Waals surface area (Å²) in [5.41, 5.74) is 0.753. The molecule has 1 aromatic carbocycles. The lowest BCUT2D eigenvalue weighted by molar-refractivity contribution is 0.569. The van der Waals surface area contributed by atoms with Gasteiger partial charge in [0.25, 0.3) is 0 Å². The van der Waals surface area contributed by atoms with Gasteiger partial charge in [0.05, 0.1) is 23.5 Å². The molecular weight excluding hydrogens is 250 g/mol. The summed E-state index contributed by atoms with van der Waals surface area (Å²) in [7, 11) is -3.67. The molecule has 94 valence electrons. The molecule has 0 bridgehead atoms. The smallest absolute Gasteiger partial charge is 0.207 e. The molecule has 1 N–H and O–H groups in total. The Labute approximate surface area is 107 Å². The van der Waals surface area contributed by atoms with Gasteiger partial charge in [-0.3, -0.25) is 0 Å². The first-order valence-electron chi connectivity index (χ1n) is 5.41. The van der Waals surface area contributed by atoms with Crippen molar-refractivity contribution in [3.8, 4) is 12.1 Å². The summed E-state index contributed by atoms with van der Waals surface area (Å²) in [6.45, 7) is 1.73. The standard InChI is InChI=1S/C12H13N3O2S/c1-2-11(9-14)15-18(16,17)12-5-3-10(4-6-12)7-8-13/h3-6,11,15H,2,7H2,1H3. The third-order valence-electron chi connectivity index (χ3n) is 2.38. The van der Waals surface area contributed by atoms with E-state index in [9.17, 15) is 8.42 Å². The molecule has 0 aliphatic carbocycles. The Bertz CT molecular complexity index is 579. The van der Waals surface area contributed by atoms with Gasteiger partial charge in [0.1, 0.15) is 6.04 Å². The fraction of sp³-hybridized carbons (Fsp3) is 0.333. The average molecular weight is 263 g/mol.